The Hall–Kier alpha value is -1.71. The Labute approximate surface area is 245 Å². The predicted molar refractivity (Wildman–Crippen MR) is 151 cm³/mol. The number of likely N-dealkylation sites (tertiary alicyclic amines) is 2. The molecule has 2 aliphatic heterocycles. The molecule has 0 saturated carbocycles. The van der Waals surface area contributed by atoms with E-state index in [0.717, 1.165) is 37.3 Å². The lowest BCUT2D eigenvalue weighted by Gasteiger charge is -2.35. The standard InChI is InChI=1S/C25H31Cl2N6O3S.Al/c1-16(18-3-4-22(26)23(27)9-18)33(8-6-28-15-34)24(36)5-7-31-12-21-10-20(31)13-32(21)11-19-14-37-25(30-19)29-17(2)35;/h3-4,9,14,16,20-21H,5-8,10-13H2,1-2H3,(H,28,34)(H,29,30,35);. The summed E-state index contributed by atoms with van der Waals surface area (Å²) in [5.74, 6) is -0.0791. The van der Waals surface area contributed by atoms with Crippen LogP contribution in [0, 0.1) is 0 Å². The van der Waals surface area contributed by atoms with Crippen LogP contribution >= 0.6 is 34.5 Å². The van der Waals surface area contributed by atoms with Crippen molar-refractivity contribution in [3.8, 4) is 0 Å². The highest BCUT2D eigenvalue weighted by molar-refractivity contribution is 7.13. The molecule has 2 N–H and O–H groups in total. The van der Waals surface area contributed by atoms with Crippen molar-refractivity contribution in [1.82, 2.24) is 25.0 Å². The number of nitrogens with zero attached hydrogens (tertiary/aromatic N) is 4. The van der Waals surface area contributed by atoms with Crippen molar-refractivity contribution in [2.45, 2.75) is 51.4 Å². The number of hydrogen-bond acceptors (Lipinski definition) is 7. The molecule has 2 aliphatic rings. The number of nitrogens with one attached hydrogen (secondary N) is 2. The number of hydrogen-bond donors (Lipinski definition) is 2. The van der Waals surface area contributed by atoms with E-state index in [1.165, 1.54) is 18.3 Å². The van der Waals surface area contributed by atoms with Gasteiger partial charge < -0.3 is 20.3 Å². The third-order valence-corrected chi connectivity index (χ3v) is 8.90. The second kappa shape index (κ2) is 13.1. The third kappa shape index (κ3) is 7.48. The van der Waals surface area contributed by atoms with Crippen LogP contribution in [0.4, 0.5) is 9.93 Å². The summed E-state index contributed by atoms with van der Waals surface area (Å²) in [4.78, 5) is 47.2. The van der Waals surface area contributed by atoms with Crippen LogP contribution in [0.2, 0.25) is 10.0 Å². The van der Waals surface area contributed by atoms with E-state index in [1.807, 2.05) is 18.4 Å². The van der Waals surface area contributed by atoms with E-state index in [2.05, 4.69) is 41.7 Å². The molecule has 1 aromatic carbocycles. The molecular weight excluding hydrogens is 562 g/mol. The Morgan fingerprint density at radius 2 is 1.95 bits per heavy atom. The van der Waals surface area contributed by atoms with Crippen molar-refractivity contribution in [1.29, 1.82) is 0 Å². The molecule has 1 aromatic heterocycles. The second-order valence-corrected chi connectivity index (χ2v) is 12.0. The van der Waals surface area contributed by atoms with Crippen molar-refractivity contribution in [3.63, 3.8) is 0 Å². The van der Waals surface area contributed by atoms with Gasteiger partial charge in [-0.1, -0.05) is 29.3 Å². The van der Waals surface area contributed by atoms with Crippen molar-refractivity contribution in [2.24, 2.45) is 0 Å². The molecule has 38 heavy (non-hydrogen) atoms. The first-order chi connectivity index (χ1) is 18.1. The van der Waals surface area contributed by atoms with Crippen molar-refractivity contribution in [3.05, 3.63) is 44.9 Å². The summed E-state index contributed by atoms with van der Waals surface area (Å²) in [6.45, 7) is 7.53. The van der Waals surface area contributed by atoms with Crippen LogP contribution in [-0.4, -0.2) is 97.4 Å². The number of aromatic nitrogens is 1. The maximum absolute atomic E-state index is 13.4. The second-order valence-electron chi connectivity index (χ2n) is 9.77. The summed E-state index contributed by atoms with van der Waals surface area (Å²) in [5.41, 5.74) is 1.86. The Morgan fingerprint density at radius 3 is 2.61 bits per heavy atom. The fourth-order valence-electron chi connectivity index (χ4n) is 5.26. The number of anilines is 1. The molecule has 2 fully saturated rings. The molecule has 3 amide bonds. The van der Waals surface area contributed by atoms with Crippen molar-refractivity contribution >= 4 is 72.5 Å². The Bertz CT molecular complexity index is 1180. The van der Waals surface area contributed by atoms with Crippen molar-refractivity contribution in [2.75, 3.05) is 38.0 Å². The van der Waals surface area contributed by atoms with Crippen LogP contribution in [-0.2, 0) is 16.1 Å². The average molecular weight is 594 g/mol. The smallest absolute Gasteiger partial charge is 0.281 e. The number of benzene rings is 1. The first kappa shape index (κ1) is 29.3. The molecule has 202 valence electrons. The van der Waals surface area contributed by atoms with Gasteiger partial charge in [-0.25, -0.2) is 4.98 Å². The number of carbonyl (C=O) groups excluding carboxylic acids is 3. The summed E-state index contributed by atoms with van der Waals surface area (Å²) in [5, 5.41) is 9.04. The van der Waals surface area contributed by atoms with Crippen LogP contribution in [0.5, 0.6) is 0 Å². The lowest BCUT2D eigenvalue weighted by molar-refractivity contribution is -0.133. The lowest BCUT2D eigenvalue weighted by Crippen LogP contribution is -2.47. The van der Waals surface area contributed by atoms with Gasteiger partial charge in [-0.05, 0) is 31.0 Å². The minimum absolute atomic E-state index is 0.0363. The highest BCUT2D eigenvalue weighted by Gasteiger charge is 2.43. The number of halogens is 2. The first-order valence-corrected chi connectivity index (χ1v) is 14.8. The van der Waals surface area contributed by atoms with Gasteiger partial charge in [0.25, 0.3) is 16.3 Å². The minimum Gasteiger partial charge on any atom is -0.372 e. The van der Waals surface area contributed by atoms with Crippen LogP contribution in [0.25, 0.3) is 0 Å². The van der Waals surface area contributed by atoms with E-state index in [9.17, 15) is 14.4 Å². The van der Waals surface area contributed by atoms with E-state index in [0.29, 0.717) is 53.3 Å². The predicted octanol–water partition coefficient (Wildman–Crippen LogP) is 3.52. The van der Waals surface area contributed by atoms with Gasteiger partial charge in [0, 0.05) is 70.1 Å². The number of carbonyl (C=O) groups is 3. The number of thiazole rings is 1. The molecule has 2 radical (unpaired) electrons. The summed E-state index contributed by atoms with van der Waals surface area (Å²) in [6.07, 6.45) is 1.48. The molecule has 2 bridgehead atoms. The molecule has 0 aliphatic carbocycles. The number of amides is 3. The van der Waals surface area contributed by atoms with Gasteiger partial charge in [-0.2, -0.15) is 0 Å². The van der Waals surface area contributed by atoms with Gasteiger partial charge in [0.15, 0.2) is 5.13 Å². The summed E-state index contributed by atoms with van der Waals surface area (Å²) < 4.78 is -0.207. The van der Waals surface area contributed by atoms with E-state index in [1.54, 1.807) is 17.0 Å². The summed E-state index contributed by atoms with van der Waals surface area (Å²) >= 11 is 15.9. The van der Waals surface area contributed by atoms with Crippen molar-refractivity contribution < 1.29 is 14.4 Å². The molecule has 9 nitrogen and oxygen atoms in total. The van der Waals surface area contributed by atoms with Crippen LogP contribution < -0.4 is 10.6 Å². The normalized spacial score (nSPS) is 19.9. The topological polar surface area (TPSA) is 97.9 Å². The van der Waals surface area contributed by atoms with Gasteiger partial charge in [-0.15, -0.1) is 11.3 Å². The maximum Gasteiger partial charge on any atom is 0.281 e. The SMILES string of the molecule is CC(=O)Nc1nc(CN2CC3CC2CN3CCC(=O)N(CCN[C](=O)[Al])C(C)c2ccc(Cl)c(Cl)c2)cs1. The highest BCUT2D eigenvalue weighted by Crippen LogP contribution is 2.33. The number of fused-ring (bicyclic) bond motifs is 2. The van der Waals surface area contributed by atoms with Gasteiger partial charge in [0.1, 0.15) is 0 Å². The monoisotopic (exact) mass is 592 g/mol. The molecule has 3 unspecified atom stereocenters. The molecular formula is C25H31AlCl2N6O3S. The van der Waals surface area contributed by atoms with Crippen LogP contribution in [0.15, 0.2) is 23.6 Å². The average Bonchev–Trinajstić information content (AvgIpc) is 3.57. The zero-order valence-electron chi connectivity index (χ0n) is 21.5. The zero-order valence-corrected chi connectivity index (χ0v) is 24.9. The molecule has 2 saturated heterocycles. The van der Waals surface area contributed by atoms with E-state index < -0.39 is 0 Å². The molecule has 13 heteroatoms. The lowest BCUT2D eigenvalue weighted by atomic mass is 10.1. The van der Waals surface area contributed by atoms with E-state index in [4.69, 9.17) is 23.2 Å². The van der Waals surface area contributed by atoms with E-state index >= 15 is 0 Å². The molecule has 3 heterocycles. The summed E-state index contributed by atoms with van der Waals surface area (Å²) in [6, 6.07) is 6.04. The Kier molecular flexibility index (Phi) is 10.1. The molecule has 3 atom stereocenters. The largest absolute Gasteiger partial charge is 0.372 e. The van der Waals surface area contributed by atoms with Crippen LogP contribution in [0.3, 0.4) is 0 Å². The minimum atomic E-state index is -0.218. The maximum atomic E-state index is 13.4. The molecule has 0 spiro atoms. The quantitative estimate of drug-likeness (QED) is 0.387. The Morgan fingerprint density at radius 1 is 1.21 bits per heavy atom. The third-order valence-electron chi connectivity index (χ3n) is 7.15. The first-order valence-electron chi connectivity index (χ1n) is 12.6. The van der Waals surface area contributed by atoms with Gasteiger partial charge in [0.2, 0.25) is 11.8 Å². The van der Waals surface area contributed by atoms with Crippen LogP contribution in [0.1, 0.15) is 44.0 Å². The number of piperazine rings is 1. The van der Waals surface area contributed by atoms with Gasteiger partial charge in [0.05, 0.1) is 26.6 Å². The van der Waals surface area contributed by atoms with Gasteiger partial charge in [-0.3, -0.25) is 19.4 Å². The zero-order chi connectivity index (χ0) is 27.4. The highest BCUT2D eigenvalue weighted by atomic mass is 35.5. The molecule has 4 rings (SSSR count). The van der Waals surface area contributed by atoms with Gasteiger partial charge >= 0.3 is 0 Å². The van der Waals surface area contributed by atoms with E-state index in [-0.39, 0.29) is 22.6 Å². The fourth-order valence-corrected chi connectivity index (χ4v) is 6.46. The fraction of sp³-hybridized carbons (Fsp3) is 0.520. The molecule has 2 aromatic rings. The number of rotatable bonds is 11. The Balaban J connectivity index is 1.31. The summed E-state index contributed by atoms with van der Waals surface area (Å²) in [7, 11) is 0.